The zero-order chi connectivity index (χ0) is 10.1. The maximum absolute atomic E-state index is 10.7. The molecule has 0 saturated carbocycles. The Labute approximate surface area is 81.3 Å². The van der Waals surface area contributed by atoms with Crippen LogP contribution in [0.15, 0.2) is 18.2 Å². The average Bonchev–Trinajstić information content (AvgIpc) is 2.16. The number of anilines is 1. The number of aryl methyl sites for hydroxylation is 1. The van der Waals surface area contributed by atoms with Crippen LogP contribution in [0.3, 0.4) is 0 Å². The van der Waals surface area contributed by atoms with Gasteiger partial charge in [-0.3, -0.25) is 0 Å². The van der Waals surface area contributed by atoms with Crippen molar-refractivity contribution in [3.63, 3.8) is 0 Å². The molecule has 0 amide bonds. The van der Waals surface area contributed by atoms with Gasteiger partial charge in [-0.1, -0.05) is 0 Å². The van der Waals surface area contributed by atoms with E-state index in [4.69, 9.17) is 15.6 Å². The first-order chi connectivity index (χ1) is 6.66. The lowest BCUT2D eigenvalue weighted by molar-refractivity contribution is -0.145. The standard InChI is InChI=1S/C10H11NO3/c11-7-2-4-8-6(5-7)1-3-9(14-8)10(12)13/h2,4-5,9H,1,3,11H2,(H,12,13)/t9-/m0/s1. The Morgan fingerprint density at radius 1 is 1.57 bits per heavy atom. The molecule has 1 atom stereocenters. The van der Waals surface area contributed by atoms with Crippen LogP contribution in [0.5, 0.6) is 5.75 Å². The number of nitrogen functional groups attached to an aromatic ring is 1. The maximum Gasteiger partial charge on any atom is 0.344 e. The fourth-order valence-electron chi connectivity index (χ4n) is 1.58. The van der Waals surface area contributed by atoms with Crippen molar-refractivity contribution in [2.45, 2.75) is 18.9 Å². The summed E-state index contributed by atoms with van der Waals surface area (Å²) in [4.78, 5) is 10.7. The monoisotopic (exact) mass is 193 g/mol. The molecular formula is C10H11NO3. The Morgan fingerprint density at radius 2 is 2.36 bits per heavy atom. The van der Waals surface area contributed by atoms with E-state index in [1.54, 1.807) is 12.1 Å². The summed E-state index contributed by atoms with van der Waals surface area (Å²) in [5.41, 5.74) is 7.27. The quantitative estimate of drug-likeness (QED) is 0.654. The molecule has 2 rings (SSSR count). The van der Waals surface area contributed by atoms with E-state index in [-0.39, 0.29) is 0 Å². The third-order valence-electron chi connectivity index (χ3n) is 2.31. The molecule has 74 valence electrons. The smallest absolute Gasteiger partial charge is 0.344 e. The molecule has 4 heteroatoms. The molecule has 1 aromatic rings. The first-order valence-corrected chi connectivity index (χ1v) is 4.44. The van der Waals surface area contributed by atoms with Gasteiger partial charge in [0, 0.05) is 5.69 Å². The van der Waals surface area contributed by atoms with E-state index in [0.717, 1.165) is 5.56 Å². The Kier molecular flexibility index (Phi) is 2.04. The predicted octanol–water partition coefficient (Wildman–Crippen LogP) is 1.05. The average molecular weight is 193 g/mol. The minimum absolute atomic E-state index is 0.506. The number of fused-ring (bicyclic) bond motifs is 1. The van der Waals surface area contributed by atoms with Crippen LogP contribution in [-0.4, -0.2) is 17.2 Å². The molecule has 14 heavy (non-hydrogen) atoms. The zero-order valence-corrected chi connectivity index (χ0v) is 7.56. The van der Waals surface area contributed by atoms with Crippen LogP contribution in [-0.2, 0) is 11.2 Å². The molecule has 3 N–H and O–H groups in total. The van der Waals surface area contributed by atoms with E-state index in [0.29, 0.717) is 24.3 Å². The van der Waals surface area contributed by atoms with Gasteiger partial charge >= 0.3 is 5.97 Å². The molecule has 0 unspecified atom stereocenters. The number of hydrogen-bond acceptors (Lipinski definition) is 3. The Bertz CT molecular complexity index is 376. The van der Waals surface area contributed by atoms with Gasteiger partial charge in [0.2, 0.25) is 0 Å². The summed E-state index contributed by atoms with van der Waals surface area (Å²) in [6.07, 6.45) is 0.495. The van der Waals surface area contributed by atoms with Crippen molar-refractivity contribution in [1.82, 2.24) is 0 Å². The molecule has 4 nitrogen and oxygen atoms in total. The van der Waals surface area contributed by atoms with E-state index < -0.39 is 12.1 Å². The van der Waals surface area contributed by atoms with Crippen LogP contribution >= 0.6 is 0 Å². The molecule has 0 radical (unpaired) electrons. The van der Waals surface area contributed by atoms with Gasteiger partial charge in [-0.2, -0.15) is 0 Å². The molecule has 1 aliphatic heterocycles. The number of hydrogen-bond donors (Lipinski definition) is 2. The van der Waals surface area contributed by atoms with E-state index in [1.807, 2.05) is 6.07 Å². The second-order valence-corrected chi connectivity index (χ2v) is 3.35. The largest absolute Gasteiger partial charge is 0.479 e. The number of nitrogens with two attached hydrogens (primary N) is 1. The van der Waals surface area contributed by atoms with Gasteiger partial charge in [0.1, 0.15) is 5.75 Å². The molecule has 0 saturated heterocycles. The van der Waals surface area contributed by atoms with Gasteiger partial charge in [-0.15, -0.1) is 0 Å². The number of carbonyl (C=O) groups is 1. The van der Waals surface area contributed by atoms with Crippen LogP contribution < -0.4 is 10.5 Å². The molecule has 0 bridgehead atoms. The fraction of sp³-hybridized carbons (Fsp3) is 0.300. The fourth-order valence-corrected chi connectivity index (χ4v) is 1.58. The molecule has 1 aromatic carbocycles. The number of rotatable bonds is 1. The highest BCUT2D eigenvalue weighted by atomic mass is 16.5. The Morgan fingerprint density at radius 3 is 3.07 bits per heavy atom. The highest BCUT2D eigenvalue weighted by Gasteiger charge is 2.25. The van der Waals surface area contributed by atoms with Crippen LogP contribution in [0.25, 0.3) is 0 Å². The van der Waals surface area contributed by atoms with Crippen LogP contribution in [0.2, 0.25) is 0 Å². The molecular weight excluding hydrogens is 182 g/mol. The van der Waals surface area contributed by atoms with Gasteiger partial charge in [0.15, 0.2) is 6.10 Å². The number of ether oxygens (including phenoxy) is 1. The van der Waals surface area contributed by atoms with E-state index in [1.165, 1.54) is 0 Å². The number of benzene rings is 1. The highest BCUT2D eigenvalue weighted by Crippen LogP contribution is 2.29. The second kappa shape index (κ2) is 3.21. The van der Waals surface area contributed by atoms with Gasteiger partial charge in [-0.05, 0) is 36.6 Å². The lowest BCUT2D eigenvalue weighted by Crippen LogP contribution is -2.30. The summed E-state index contributed by atoms with van der Waals surface area (Å²) in [6.45, 7) is 0. The minimum Gasteiger partial charge on any atom is -0.479 e. The van der Waals surface area contributed by atoms with Crippen LogP contribution in [0, 0.1) is 0 Å². The molecule has 0 aliphatic carbocycles. The molecule has 0 aromatic heterocycles. The summed E-state index contributed by atoms with van der Waals surface area (Å²) in [7, 11) is 0. The number of carboxylic acid groups (broad SMARTS) is 1. The van der Waals surface area contributed by atoms with Gasteiger partial charge in [0.05, 0.1) is 0 Å². The van der Waals surface area contributed by atoms with Crippen LogP contribution in [0.4, 0.5) is 5.69 Å². The Balaban J connectivity index is 2.27. The zero-order valence-electron chi connectivity index (χ0n) is 7.56. The summed E-state index contributed by atoms with van der Waals surface area (Å²) in [5.74, 6) is -0.273. The molecule has 0 fully saturated rings. The first kappa shape index (κ1) is 8.87. The van der Waals surface area contributed by atoms with E-state index in [9.17, 15) is 4.79 Å². The SMILES string of the molecule is Nc1ccc2c(c1)CC[C@@H](C(=O)O)O2. The summed E-state index contributed by atoms with van der Waals surface area (Å²) in [5, 5.41) is 8.77. The van der Waals surface area contributed by atoms with Crippen molar-refractivity contribution >= 4 is 11.7 Å². The highest BCUT2D eigenvalue weighted by molar-refractivity contribution is 5.73. The number of aliphatic carboxylic acids is 1. The third kappa shape index (κ3) is 1.51. The van der Waals surface area contributed by atoms with Gasteiger partial charge in [-0.25, -0.2) is 4.79 Å². The number of carboxylic acids is 1. The van der Waals surface area contributed by atoms with E-state index in [2.05, 4.69) is 0 Å². The normalized spacial score (nSPS) is 19.6. The lowest BCUT2D eigenvalue weighted by atomic mass is 10.0. The molecule has 0 spiro atoms. The van der Waals surface area contributed by atoms with Crippen molar-refractivity contribution in [1.29, 1.82) is 0 Å². The third-order valence-corrected chi connectivity index (χ3v) is 2.31. The lowest BCUT2D eigenvalue weighted by Gasteiger charge is -2.23. The van der Waals surface area contributed by atoms with Gasteiger partial charge < -0.3 is 15.6 Å². The second-order valence-electron chi connectivity index (χ2n) is 3.35. The molecule has 1 aliphatic rings. The first-order valence-electron chi connectivity index (χ1n) is 4.44. The van der Waals surface area contributed by atoms with Crippen molar-refractivity contribution in [3.05, 3.63) is 23.8 Å². The van der Waals surface area contributed by atoms with Crippen molar-refractivity contribution in [2.24, 2.45) is 0 Å². The van der Waals surface area contributed by atoms with Crippen molar-refractivity contribution < 1.29 is 14.6 Å². The van der Waals surface area contributed by atoms with Crippen molar-refractivity contribution in [3.8, 4) is 5.75 Å². The van der Waals surface area contributed by atoms with E-state index >= 15 is 0 Å². The maximum atomic E-state index is 10.7. The summed E-state index contributed by atoms with van der Waals surface area (Å²) >= 11 is 0. The van der Waals surface area contributed by atoms with Gasteiger partial charge in [0.25, 0.3) is 0 Å². The summed E-state index contributed by atoms with van der Waals surface area (Å²) in [6, 6.07) is 5.26. The Hall–Kier alpha value is -1.71. The summed E-state index contributed by atoms with van der Waals surface area (Å²) < 4.78 is 5.29. The van der Waals surface area contributed by atoms with Crippen LogP contribution in [0.1, 0.15) is 12.0 Å². The van der Waals surface area contributed by atoms with Crippen molar-refractivity contribution in [2.75, 3.05) is 5.73 Å². The minimum atomic E-state index is -0.910. The molecule has 1 heterocycles. The predicted molar refractivity (Wildman–Crippen MR) is 51.2 cm³/mol. The topological polar surface area (TPSA) is 72.6 Å².